The number of Topliss-reactive ketones (excluding diaryl/α,β-unsaturated/α-hetero) is 1. The molecular formula is C12H15NO4S. The summed E-state index contributed by atoms with van der Waals surface area (Å²) in [5.41, 5.74) is 0.546. The van der Waals surface area contributed by atoms with E-state index in [1.807, 2.05) is 0 Å². The van der Waals surface area contributed by atoms with Crippen molar-refractivity contribution in [2.24, 2.45) is 0 Å². The van der Waals surface area contributed by atoms with Crippen molar-refractivity contribution in [2.45, 2.75) is 13.3 Å². The quantitative estimate of drug-likeness (QED) is 0.836. The highest BCUT2D eigenvalue weighted by molar-refractivity contribution is 7.92. The highest BCUT2D eigenvalue weighted by Crippen LogP contribution is 2.05. The molecule has 0 fully saturated rings. The number of benzene rings is 1. The maximum Gasteiger partial charge on any atom is 0.239 e. The molecule has 18 heavy (non-hydrogen) atoms. The van der Waals surface area contributed by atoms with Crippen LogP contribution in [0.15, 0.2) is 30.3 Å². The Kier molecular flexibility index (Phi) is 5.03. The van der Waals surface area contributed by atoms with Crippen molar-refractivity contribution in [1.29, 1.82) is 0 Å². The third kappa shape index (κ3) is 5.58. The zero-order valence-electron chi connectivity index (χ0n) is 10.0. The smallest absolute Gasteiger partial charge is 0.239 e. The van der Waals surface area contributed by atoms with E-state index in [1.165, 1.54) is 6.92 Å². The summed E-state index contributed by atoms with van der Waals surface area (Å²) in [6.45, 7) is 1.32. The molecule has 0 bridgehead atoms. The summed E-state index contributed by atoms with van der Waals surface area (Å²) < 4.78 is 23.0. The Hall–Kier alpha value is -1.69. The van der Waals surface area contributed by atoms with Crippen molar-refractivity contribution in [1.82, 2.24) is 0 Å². The van der Waals surface area contributed by atoms with Crippen molar-refractivity contribution < 1.29 is 18.0 Å². The van der Waals surface area contributed by atoms with Crippen LogP contribution in [0.2, 0.25) is 0 Å². The van der Waals surface area contributed by atoms with Crippen molar-refractivity contribution >= 4 is 27.2 Å². The average molecular weight is 269 g/mol. The van der Waals surface area contributed by atoms with Crippen LogP contribution in [0.1, 0.15) is 13.3 Å². The van der Waals surface area contributed by atoms with Gasteiger partial charge >= 0.3 is 0 Å². The van der Waals surface area contributed by atoms with E-state index in [2.05, 4.69) is 5.32 Å². The molecule has 0 saturated heterocycles. The Morgan fingerprint density at radius 3 is 2.33 bits per heavy atom. The lowest BCUT2D eigenvalue weighted by molar-refractivity contribution is -0.117. The molecule has 0 aliphatic heterocycles. The molecule has 0 spiro atoms. The van der Waals surface area contributed by atoms with Gasteiger partial charge in [0.2, 0.25) is 5.91 Å². The van der Waals surface area contributed by atoms with E-state index in [0.29, 0.717) is 5.69 Å². The zero-order chi connectivity index (χ0) is 13.6. The number of hydrogen-bond donors (Lipinski definition) is 1. The van der Waals surface area contributed by atoms with E-state index in [0.717, 1.165) is 0 Å². The SMILES string of the molecule is CC(=O)CCS(=O)(=O)CC(=O)Nc1ccccc1. The van der Waals surface area contributed by atoms with Crippen LogP contribution >= 0.6 is 0 Å². The number of carbonyl (C=O) groups excluding carboxylic acids is 2. The first kappa shape index (κ1) is 14.4. The summed E-state index contributed by atoms with van der Waals surface area (Å²) in [4.78, 5) is 22.2. The first-order valence-corrected chi connectivity index (χ1v) is 7.26. The highest BCUT2D eigenvalue weighted by atomic mass is 32.2. The van der Waals surface area contributed by atoms with E-state index in [9.17, 15) is 18.0 Å². The summed E-state index contributed by atoms with van der Waals surface area (Å²) >= 11 is 0. The van der Waals surface area contributed by atoms with Crippen molar-refractivity contribution in [3.63, 3.8) is 0 Å². The molecular weight excluding hydrogens is 254 g/mol. The Balaban J connectivity index is 2.52. The number of carbonyl (C=O) groups is 2. The minimum atomic E-state index is -3.53. The lowest BCUT2D eigenvalue weighted by atomic mass is 10.3. The predicted molar refractivity (Wildman–Crippen MR) is 69.0 cm³/mol. The number of para-hydroxylation sites is 1. The molecule has 0 saturated carbocycles. The third-order valence-electron chi connectivity index (χ3n) is 2.17. The molecule has 0 radical (unpaired) electrons. The first-order chi connectivity index (χ1) is 8.39. The molecule has 0 atom stereocenters. The number of sulfone groups is 1. The molecule has 0 heterocycles. The molecule has 1 N–H and O–H groups in total. The Morgan fingerprint density at radius 1 is 1.17 bits per heavy atom. The van der Waals surface area contributed by atoms with Crippen LogP contribution < -0.4 is 5.32 Å². The average Bonchev–Trinajstić information content (AvgIpc) is 2.27. The van der Waals surface area contributed by atoms with Crippen LogP contribution in [0.25, 0.3) is 0 Å². The lowest BCUT2D eigenvalue weighted by Gasteiger charge is -2.05. The van der Waals surface area contributed by atoms with Crippen LogP contribution in [-0.2, 0) is 19.4 Å². The van der Waals surface area contributed by atoms with Gasteiger partial charge in [-0.15, -0.1) is 0 Å². The van der Waals surface area contributed by atoms with E-state index >= 15 is 0 Å². The molecule has 0 aliphatic rings. The fourth-order valence-corrected chi connectivity index (χ4v) is 2.50. The van der Waals surface area contributed by atoms with Gasteiger partial charge < -0.3 is 5.32 Å². The number of amides is 1. The number of rotatable bonds is 6. The monoisotopic (exact) mass is 269 g/mol. The molecule has 0 aromatic heterocycles. The number of nitrogens with one attached hydrogen (secondary N) is 1. The van der Waals surface area contributed by atoms with E-state index < -0.39 is 21.5 Å². The van der Waals surface area contributed by atoms with Crippen LogP contribution in [-0.4, -0.2) is 31.6 Å². The molecule has 1 aromatic rings. The highest BCUT2D eigenvalue weighted by Gasteiger charge is 2.17. The van der Waals surface area contributed by atoms with Crippen molar-refractivity contribution in [2.75, 3.05) is 16.8 Å². The number of anilines is 1. The van der Waals surface area contributed by atoms with Gasteiger partial charge in [-0.05, 0) is 19.1 Å². The maximum absolute atomic E-state index is 11.5. The minimum absolute atomic E-state index is 0.0546. The molecule has 5 nitrogen and oxygen atoms in total. The second-order valence-corrected chi connectivity index (χ2v) is 6.14. The van der Waals surface area contributed by atoms with Gasteiger partial charge in [-0.25, -0.2) is 8.42 Å². The number of hydrogen-bond acceptors (Lipinski definition) is 4. The molecule has 1 amide bonds. The van der Waals surface area contributed by atoms with Crippen molar-refractivity contribution in [3.05, 3.63) is 30.3 Å². The van der Waals surface area contributed by atoms with Gasteiger partial charge in [0.15, 0.2) is 9.84 Å². The van der Waals surface area contributed by atoms with E-state index in [-0.39, 0.29) is 18.0 Å². The second-order valence-electron chi connectivity index (χ2n) is 3.96. The van der Waals surface area contributed by atoms with Crippen molar-refractivity contribution in [3.8, 4) is 0 Å². The Morgan fingerprint density at radius 2 is 1.78 bits per heavy atom. The predicted octanol–water partition coefficient (Wildman–Crippen LogP) is 1.02. The molecule has 1 rings (SSSR count). The molecule has 0 unspecified atom stereocenters. The van der Waals surface area contributed by atoms with Crippen LogP contribution in [0.5, 0.6) is 0 Å². The topological polar surface area (TPSA) is 80.3 Å². The van der Waals surface area contributed by atoms with Crippen LogP contribution in [0.3, 0.4) is 0 Å². The van der Waals surface area contributed by atoms with E-state index in [1.54, 1.807) is 30.3 Å². The third-order valence-corrected chi connectivity index (χ3v) is 3.70. The lowest BCUT2D eigenvalue weighted by Crippen LogP contribution is -2.25. The largest absolute Gasteiger partial charge is 0.325 e. The van der Waals surface area contributed by atoms with Gasteiger partial charge in [0.25, 0.3) is 0 Å². The van der Waals surface area contributed by atoms with Gasteiger partial charge in [-0.2, -0.15) is 0 Å². The van der Waals surface area contributed by atoms with Gasteiger partial charge in [0, 0.05) is 12.1 Å². The fourth-order valence-electron chi connectivity index (χ4n) is 1.29. The molecule has 0 aliphatic carbocycles. The first-order valence-electron chi connectivity index (χ1n) is 5.44. The van der Waals surface area contributed by atoms with Gasteiger partial charge in [-0.1, -0.05) is 18.2 Å². The minimum Gasteiger partial charge on any atom is -0.325 e. The standard InChI is InChI=1S/C12H15NO4S/c1-10(14)7-8-18(16,17)9-12(15)13-11-5-3-2-4-6-11/h2-6H,7-9H2,1H3,(H,13,15). The van der Waals surface area contributed by atoms with Crippen LogP contribution in [0, 0.1) is 0 Å². The number of ketones is 1. The van der Waals surface area contributed by atoms with E-state index in [4.69, 9.17) is 0 Å². The summed E-state index contributed by atoms with van der Waals surface area (Å²) in [6, 6.07) is 8.60. The normalized spacial score (nSPS) is 10.9. The van der Waals surface area contributed by atoms with Gasteiger partial charge in [0.1, 0.15) is 11.5 Å². The zero-order valence-corrected chi connectivity index (χ0v) is 10.9. The van der Waals surface area contributed by atoms with Gasteiger partial charge in [-0.3, -0.25) is 9.59 Å². The second kappa shape index (κ2) is 6.30. The Labute approximate surface area is 106 Å². The summed E-state index contributed by atoms with van der Waals surface area (Å²) in [5, 5.41) is 2.48. The summed E-state index contributed by atoms with van der Waals surface area (Å²) in [5.74, 6) is -1.69. The summed E-state index contributed by atoms with van der Waals surface area (Å²) in [7, 11) is -3.53. The molecule has 1 aromatic carbocycles. The van der Waals surface area contributed by atoms with Crippen LogP contribution in [0.4, 0.5) is 5.69 Å². The Bertz CT molecular complexity index is 522. The maximum atomic E-state index is 11.5. The fraction of sp³-hybridized carbons (Fsp3) is 0.333. The molecule has 6 heteroatoms. The van der Waals surface area contributed by atoms with Gasteiger partial charge in [0.05, 0.1) is 5.75 Å². The molecule has 98 valence electrons. The summed E-state index contributed by atoms with van der Waals surface area (Å²) in [6.07, 6.45) is -0.0546.